The van der Waals surface area contributed by atoms with Crippen LogP contribution in [0.2, 0.25) is 5.02 Å². The number of aryl methyl sites for hydroxylation is 1. The highest BCUT2D eigenvalue weighted by Gasteiger charge is 2.30. The first-order chi connectivity index (χ1) is 8.94. The average Bonchev–Trinajstić information content (AvgIpc) is 2.78. The molecule has 3 N–H and O–H groups in total. The Kier molecular flexibility index (Phi) is 6.28. The second-order valence-corrected chi connectivity index (χ2v) is 7.18. The minimum absolute atomic E-state index is 0. The maximum absolute atomic E-state index is 12.4. The molecule has 0 aliphatic heterocycles. The number of hydrogen-bond acceptors (Lipinski definition) is 3. The minimum Gasteiger partial charge on any atom is -0.330 e. The normalized spacial score (nSPS) is 22.6. The van der Waals surface area contributed by atoms with E-state index in [1.54, 1.807) is 19.1 Å². The molecular weight excluding hydrogens is 319 g/mol. The molecule has 4 nitrogen and oxygen atoms in total. The summed E-state index contributed by atoms with van der Waals surface area (Å²) in [4.78, 5) is 0.252. The molecule has 1 fully saturated rings. The van der Waals surface area contributed by atoms with E-state index in [0.29, 0.717) is 17.1 Å². The van der Waals surface area contributed by atoms with Crippen LogP contribution in [0.4, 0.5) is 0 Å². The molecule has 0 heterocycles. The lowest BCUT2D eigenvalue weighted by Crippen LogP contribution is -2.40. The van der Waals surface area contributed by atoms with E-state index in [-0.39, 0.29) is 29.3 Å². The molecule has 1 aromatic rings. The molecule has 114 valence electrons. The molecule has 2 unspecified atom stereocenters. The van der Waals surface area contributed by atoms with Crippen LogP contribution in [0.3, 0.4) is 0 Å². The van der Waals surface area contributed by atoms with E-state index in [1.807, 2.05) is 0 Å². The number of rotatable bonds is 4. The minimum atomic E-state index is -3.53. The first-order valence-corrected chi connectivity index (χ1v) is 8.28. The van der Waals surface area contributed by atoms with Crippen LogP contribution < -0.4 is 10.5 Å². The van der Waals surface area contributed by atoms with Crippen LogP contribution in [-0.4, -0.2) is 21.0 Å². The highest BCUT2D eigenvalue weighted by molar-refractivity contribution is 7.89. The zero-order valence-electron chi connectivity index (χ0n) is 11.3. The first kappa shape index (κ1) is 17.7. The van der Waals surface area contributed by atoms with Crippen LogP contribution in [-0.2, 0) is 10.0 Å². The van der Waals surface area contributed by atoms with Gasteiger partial charge in [0.25, 0.3) is 0 Å². The number of sulfonamides is 1. The third-order valence-electron chi connectivity index (χ3n) is 3.71. The fraction of sp³-hybridized carbons (Fsp3) is 0.538. The number of hydrogen-bond donors (Lipinski definition) is 2. The van der Waals surface area contributed by atoms with Gasteiger partial charge in [-0.2, -0.15) is 0 Å². The molecule has 2 atom stereocenters. The van der Waals surface area contributed by atoms with E-state index in [9.17, 15) is 8.42 Å². The van der Waals surface area contributed by atoms with E-state index in [2.05, 4.69) is 4.72 Å². The van der Waals surface area contributed by atoms with Crippen molar-refractivity contribution in [3.05, 3.63) is 28.8 Å². The summed E-state index contributed by atoms with van der Waals surface area (Å²) in [6, 6.07) is 4.83. The summed E-state index contributed by atoms with van der Waals surface area (Å²) >= 11 is 5.88. The summed E-state index contributed by atoms with van der Waals surface area (Å²) in [7, 11) is -3.53. The van der Waals surface area contributed by atoms with Gasteiger partial charge in [0.15, 0.2) is 0 Å². The Balaban J connectivity index is 0.00000200. The van der Waals surface area contributed by atoms with Crippen molar-refractivity contribution >= 4 is 34.0 Å². The number of nitrogens with two attached hydrogens (primary N) is 1. The van der Waals surface area contributed by atoms with Crippen LogP contribution in [0.25, 0.3) is 0 Å². The summed E-state index contributed by atoms with van der Waals surface area (Å²) in [5, 5.41) is 0.424. The predicted octanol–water partition coefficient (Wildman–Crippen LogP) is 2.48. The molecule has 0 spiro atoms. The SMILES string of the molecule is Cc1ccc(Cl)cc1S(=O)(=O)NC1CCCC1CN.Cl. The molecule has 1 aliphatic rings. The topological polar surface area (TPSA) is 72.2 Å². The highest BCUT2D eigenvalue weighted by atomic mass is 35.5. The van der Waals surface area contributed by atoms with Crippen molar-refractivity contribution in [2.24, 2.45) is 11.7 Å². The Morgan fingerprint density at radius 3 is 2.75 bits per heavy atom. The smallest absolute Gasteiger partial charge is 0.241 e. The van der Waals surface area contributed by atoms with Crippen LogP contribution in [0, 0.1) is 12.8 Å². The van der Waals surface area contributed by atoms with Crippen molar-refractivity contribution < 1.29 is 8.42 Å². The molecule has 0 aromatic heterocycles. The van der Waals surface area contributed by atoms with Crippen molar-refractivity contribution in [3.8, 4) is 0 Å². The van der Waals surface area contributed by atoms with Gasteiger partial charge in [0, 0.05) is 11.1 Å². The van der Waals surface area contributed by atoms with E-state index in [0.717, 1.165) is 19.3 Å². The zero-order chi connectivity index (χ0) is 14.0. The van der Waals surface area contributed by atoms with Crippen molar-refractivity contribution in [2.45, 2.75) is 37.1 Å². The van der Waals surface area contributed by atoms with Crippen molar-refractivity contribution in [2.75, 3.05) is 6.54 Å². The number of benzene rings is 1. The maximum Gasteiger partial charge on any atom is 0.241 e. The summed E-state index contributed by atoms with van der Waals surface area (Å²) in [6.07, 6.45) is 2.85. The van der Waals surface area contributed by atoms with Gasteiger partial charge < -0.3 is 5.73 Å². The molecule has 0 radical (unpaired) electrons. The van der Waals surface area contributed by atoms with E-state index in [1.165, 1.54) is 6.07 Å². The van der Waals surface area contributed by atoms with Crippen LogP contribution in [0.1, 0.15) is 24.8 Å². The third-order valence-corrected chi connectivity index (χ3v) is 5.58. The Bertz CT molecular complexity index is 563. The highest BCUT2D eigenvalue weighted by Crippen LogP contribution is 2.27. The first-order valence-electron chi connectivity index (χ1n) is 6.42. The molecule has 20 heavy (non-hydrogen) atoms. The molecule has 1 aliphatic carbocycles. The Morgan fingerprint density at radius 2 is 2.10 bits per heavy atom. The predicted molar refractivity (Wildman–Crippen MR) is 83.9 cm³/mol. The summed E-state index contributed by atoms with van der Waals surface area (Å²) in [5.74, 6) is 0.231. The molecule has 2 rings (SSSR count). The number of nitrogens with one attached hydrogen (secondary N) is 1. The average molecular weight is 339 g/mol. The fourth-order valence-electron chi connectivity index (χ4n) is 2.60. The van der Waals surface area contributed by atoms with Gasteiger partial charge in [-0.1, -0.05) is 24.1 Å². The van der Waals surface area contributed by atoms with Gasteiger partial charge >= 0.3 is 0 Å². The van der Waals surface area contributed by atoms with E-state index in [4.69, 9.17) is 17.3 Å². The Morgan fingerprint density at radius 1 is 1.40 bits per heavy atom. The largest absolute Gasteiger partial charge is 0.330 e. The lowest BCUT2D eigenvalue weighted by atomic mass is 10.1. The second-order valence-electron chi connectivity index (χ2n) is 5.06. The van der Waals surface area contributed by atoms with Gasteiger partial charge in [0.2, 0.25) is 10.0 Å². The molecule has 0 amide bonds. The van der Waals surface area contributed by atoms with Gasteiger partial charge in [-0.05, 0) is 49.9 Å². The lowest BCUT2D eigenvalue weighted by molar-refractivity contribution is 0.452. The van der Waals surface area contributed by atoms with Crippen LogP contribution in [0.15, 0.2) is 23.1 Å². The molecule has 7 heteroatoms. The molecule has 0 saturated heterocycles. The Labute approximate surface area is 131 Å². The van der Waals surface area contributed by atoms with Gasteiger partial charge in [0.1, 0.15) is 0 Å². The summed E-state index contributed by atoms with van der Waals surface area (Å²) in [6.45, 7) is 2.28. The van der Waals surface area contributed by atoms with Crippen LogP contribution >= 0.6 is 24.0 Å². The quantitative estimate of drug-likeness (QED) is 0.885. The maximum atomic E-state index is 12.4. The molecule has 0 bridgehead atoms. The Hall–Kier alpha value is -0.330. The van der Waals surface area contributed by atoms with Crippen molar-refractivity contribution in [1.29, 1.82) is 0 Å². The summed E-state index contributed by atoms with van der Waals surface area (Å²) in [5.41, 5.74) is 6.37. The monoisotopic (exact) mass is 338 g/mol. The standard InChI is InChI=1S/C13H19ClN2O2S.ClH/c1-9-5-6-11(14)7-13(9)19(17,18)16-12-4-2-3-10(12)8-15;/h5-7,10,12,16H,2-4,8,15H2,1H3;1H. The molecule has 1 aromatic carbocycles. The third kappa shape index (κ3) is 3.86. The van der Waals surface area contributed by atoms with Crippen molar-refractivity contribution in [3.63, 3.8) is 0 Å². The second kappa shape index (κ2) is 7.09. The van der Waals surface area contributed by atoms with Gasteiger partial charge in [-0.25, -0.2) is 13.1 Å². The van der Waals surface area contributed by atoms with Gasteiger partial charge in [-0.15, -0.1) is 12.4 Å². The van der Waals surface area contributed by atoms with E-state index < -0.39 is 10.0 Å². The van der Waals surface area contributed by atoms with Gasteiger partial charge in [0.05, 0.1) is 4.90 Å². The molecular formula is C13H20Cl2N2O2S. The van der Waals surface area contributed by atoms with E-state index >= 15 is 0 Å². The van der Waals surface area contributed by atoms with Crippen molar-refractivity contribution in [1.82, 2.24) is 4.72 Å². The fourth-order valence-corrected chi connectivity index (χ4v) is 4.45. The zero-order valence-corrected chi connectivity index (χ0v) is 13.7. The number of halogens is 2. The van der Waals surface area contributed by atoms with Crippen LogP contribution in [0.5, 0.6) is 0 Å². The molecule has 1 saturated carbocycles. The lowest BCUT2D eigenvalue weighted by Gasteiger charge is -2.20. The summed E-state index contributed by atoms with van der Waals surface area (Å²) < 4.78 is 27.6. The van der Waals surface area contributed by atoms with Gasteiger partial charge in [-0.3, -0.25) is 0 Å².